The highest BCUT2D eigenvalue weighted by molar-refractivity contribution is 5.76. The first-order chi connectivity index (χ1) is 8.13. The van der Waals surface area contributed by atoms with Gasteiger partial charge in [0.15, 0.2) is 5.82 Å². The van der Waals surface area contributed by atoms with Crippen LogP contribution in [0.1, 0.15) is 26.7 Å². The van der Waals surface area contributed by atoms with Gasteiger partial charge in [0.2, 0.25) is 5.91 Å². The molecule has 1 heterocycles. The minimum atomic E-state index is 0.0273. The molecule has 0 saturated heterocycles. The minimum absolute atomic E-state index is 0.0273. The molecule has 94 valence electrons. The first kappa shape index (κ1) is 13.2. The number of aromatic nitrogens is 2. The van der Waals surface area contributed by atoms with E-state index in [2.05, 4.69) is 20.6 Å². The summed E-state index contributed by atoms with van der Waals surface area (Å²) in [5, 5.41) is 5.89. The van der Waals surface area contributed by atoms with Crippen molar-refractivity contribution < 1.29 is 4.79 Å². The van der Waals surface area contributed by atoms with E-state index in [4.69, 9.17) is 5.73 Å². The van der Waals surface area contributed by atoms with Gasteiger partial charge in [-0.1, -0.05) is 6.92 Å². The number of nitrogens with two attached hydrogens (primary N) is 1. The first-order valence-electron chi connectivity index (χ1n) is 5.72. The van der Waals surface area contributed by atoms with E-state index in [1.807, 2.05) is 13.8 Å². The Bertz CT molecular complexity index is 369. The summed E-state index contributed by atoms with van der Waals surface area (Å²) in [4.78, 5) is 19.2. The zero-order valence-electron chi connectivity index (χ0n) is 10.2. The Kier molecular flexibility index (Phi) is 5.19. The lowest BCUT2D eigenvalue weighted by Gasteiger charge is -2.12. The van der Waals surface area contributed by atoms with Gasteiger partial charge in [-0.3, -0.25) is 4.79 Å². The number of hydrogen-bond acceptors (Lipinski definition) is 5. The van der Waals surface area contributed by atoms with Crippen LogP contribution >= 0.6 is 0 Å². The molecule has 6 nitrogen and oxygen atoms in total. The molecule has 6 heteroatoms. The highest BCUT2D eigenvalue weighted by atomic mass is 16.1. The number of nitrogen functional groups attached to an aromatic ring is 1. The van der Waals surface area contributed by atoms with Crippen molar-refractivity contribution in [3.8, 4) is 0 Å². The van der Waals surface area contributed by atoms with E-state index in [-0.39, 0.29) is 11.9 Å². The molecule has 1 aromatic heterocycles. The molecule has 0 saturated carbocycles. The van der Waals surface area contributed by atoms with Crippen molar-refractivity contribution >= 4 is 17.4 Å². The maximum absolute atomic E-state index is 11.5. The van der Waals surface area contributed by atoms with E-state index in [9.17, 15) is 4.79 Å². The van der Waals surface area contributed by atoms with Crippen LogP contribution in [0.3, 0.4) is 0 Å². The molecule has 1 aromatic rings. The number of nitrogens with zero attached hydrogens (tertiary/aromatic N) is 2. The molecule has 1 rings (SSSR count). The van der Waals surface area contributed by atoms with Crippen molar-refractivity contribution in [3.05, 3.63) is 12.5 Å². The van der Waals surface area contributed by atoms with Gasteiger partial charge in [0.05, 0.1) is 11.9 Å². The molecule has 0 aromatic carbocycles. The molecule has 4 N–H and O–H groups in total. The van der Waals surface area contributed by atoms with E-state index in [0.717, 1.165) is 6.42 Å². The molecule has 0 fully saturated rings. The van der Waals surface area contributed by atoms with E-state index in [0.29, 0.717) is 24.5 Å². The van der Waals surface area contributed by atoms with Gasteiger partial charge in [-0.15, -0.1) is 0 Å². The van der Waals surface area contributed by atoms with Gasteiger partial charge in [0, 0.05) is 19.0 Å². The zero-order chi connectivity index (χ0) is 12.7. The van der Waals surface area contributed by atoms with Crippen LogP contribution in [0.15, 0.2) is 12.5 Å². The number of rotatable bonds is 6. The van der Waals surface area contributed by atoms with Crippen LogP contribution < -0.4 is 16.4 Å². The average molecular weight is 237 g/mol. The lowest BCUT2D eigenvalue weighted by Crippen LogP contribution is -2.33. The van der Waals surface area contributed by atoms with E-state index in [1.54, 1.807) is 0 Å². The van der Waals surface area contributed by atoms with Crippen molar-refractivity contribution in [1.29, 1.82) is 0 Å². The van der Waals surface area contributed by atoms with E-state index in [1.165, 1.54) is 12.5 Å². The van der Waals surface area contributed by atoms with Gasteiger partial charge in [-0.25, -0.2) is 9.97 Å². The second-order valence-corrected chi connectivity index (χ2v) is 3.88. The fourth-order valence-corrected chi connectivity index (χ4v) is 1.23. The van der Waals surface area contributed by atoms with Crippen LogP contribution in [0.4, 0.5) is 11.5 Å². The van der Waals surface area contributed by atoms with Crippen LogP contribution in [-0.4, -0.2) is 28.5 Å². The Hall–Kier alpha value is -1.85. The lowest BCUT2D eigenvalue weighted by molar-refractivity contribution is -0.121. The molecule has 17 heavy (non-hydrogen) atoms. The summed E-state index contributed by atoms with van der Waals surface area (Å²) in [6.45, 7) is 4.52. The summed E-state index contributed by atoms with van der Waals surface area (Å²) in [5.74, 6) is 0.593. The van der Waals surface area contributed by atoms with Crippen molar-refractivity contribution in [2.75, 3.05) is 17.6 Å². The van der Waals surface area contributed by atoms with Crippen LogP contribution in [0.25, 0.3) is 0 Å². The summed E-state index contributed by atoms with van der Waals surface area (Å²) in [6, 6.07) is 0.214. The smallest absolute Gasteiger partial charge is 0.221 e. The maximum atomic E-state index is 11.5. The zero-order valence-corrected chi connectivity index (χ0v) is 10.2. The number of anilines is 2. The number of nitrogens with one attached hydrogen (secondary N) is 2. The summed E-state index contributed by atoms with van der Waals surface area (Å²) in [7, 11) is 0. The second kappa shape index (κ2) is 6.67. The molecular formula is C11H19N5O. The SMILES string of the molecule is CCC(C)NC(=O)CCNc1ncncc1N. The number of carbonyl (C=O) groups is 1. The second-order valence-electron chi connectivity index (χ2n) is 3.88. The quantitative estimate of drug-likeness (QED) is 0.679. The topological polar surface area (TPSA) is 92.9 Å². The Morgan fingerprint density at radius 3 is 3.00 bits per heavy atom. The monoisotopic (exact) mass is 237 g/mol. The average Bonchev–Trinajstić information content (AvgIpc) is 2.31. The van der Waals surface area contributed by atoms with Crippen LogP contribution in [-0.2, 0) is 4.79 Å². The summed E-state index contributed by atoms with van der Waals surface area (Å²) >= 11 is 0. The minimum Gasteiger partial charge on any atom is -0.394 e. The van der Waals surface area contributed by atoms with Crippen LogP contribution in [0.5, 0.6) is 0 Å². The predicted molar refractivity (Wildman–Crippen MR) is 67.4 cm³/mol. The standard InChI is InChI=1S/C11H19N5O/c1-3-8(2)16-10(17)4-5-14-11-9(12)6-13-7-15-11/h6-8H,3-5,12H2,1-2H3,(H,16,17)(H,13,14,15). The van der Waals surface area contributed by atoms with Crippen molar-refractivity contribution in [3.63, 3.8) is 0 Å². The van der Waals surface area contributed by atoms with Gasteiger partial charge >= 0.3 is 0 Å². The van der Waals surface area contributed by atoms with Crippen LogP contribution in [0.2, 0.25) is 0 Å². The van der Waals surface area contributed by atoms with Gasteiger partial charge in [-0.05, 0) is 13.3 Å². The molecule has 0 aliphatic carbocycles. The molecule has 1 unspecified atom stereocenters. The Morgan fingerprint density at radius 2 is 2.35 bits per heavy atom. The first-order valence-corrected chi connectivity index (χ1v) is 5.72. The molecule has 0 bridgehead atoms. The highest BCUT2D eigenvalue weighted by Gasteiger charge is 2.05. The number of amides is 1. The third-order valence-electron chi connectivity index (χ3n) is 2.40. The van der Waals surface area contributed by atoms with Crippen molar-refractivity contribution in [1.82, 2.24) is 15.3 Å². The Morgan fingerprint density at radius 1 is 1.59 bits per heavy atom. The maximum Gasteiger partial charge on any atom is 0.221 e. The predicted octanol–water partition coefficient (Wildman–Crippen LogP) is 0.775. The Labute approximate surface area is 101 Å². The Balaban J connectivity index is 2.29. The van der Waals surface area contributed by atoms with E-state index >= 15 is 0 Å². The normalized spacial score (nSPS) is 11.9. The molecule has 0 spiro atoms. The van der Waals surface area contributed by atoms with Gasteiger partial charge in [0.1, 0.15) is 6.33 Å². The summed E-state index contributed by atoms with van der Waals surface area (Å²) < 4.78 is 0. The highest BCUT2D eigenvalue weighted by Crippen LogP contribution is 2.10. The molecule has 1 amide bonds. The van der Waals surface area contributed by atoms with Crippen molar-refractivity contribution in [2.24, 2.45) is 0 Å². The third-order valence-corrected chi connectivity index (χ3v) is 2.40. The van der Waals surface area contributed by atoms with Gasteiger partial charge < -0.3 is 16.4 Å². The summed E-state index contributed by atoms with van der Waals surface area (Å²) in [5.41, 5.74) is 6.13. The third kappa shape index (κ3) is 4.67. The fourth-order valence-electron chi connectivity index (χ4n) is 1.23. The molecule has 0 aliphatic rings. The number of carbonyl (C=O) groups excluding carboxylic acids is 1. The van der Waals surface area contributed by atoms with Gasteiger partial charge in [0.25, 0.3) is 0 Å². The van der Waals surface area contributed by atoms with Crippen LogP contribution in [0, 0.1) is 0 Å². The lowest BCUT2D eigenvalue weighted by atomic mass is 10.2. The largest absolute Gasteiger partial charge is 0.394 e. The summed E-state index contributed by atoms with van der Waals surface area (Å²) in [6.07, 6.45) is 4.26. The van der Waals surface area contributed by atoms with Crippen molar-refractivity contribution in [2.45, 2.75) is 32.7 Å². The molecule has 0 aliphatic heterocycles. The molecule has 0 radical (unpaired) electrons. The fraction of sp³-hybridized carbons (Fsp3) is 0.545. The van der Waals surface area contributed by atoms with Gasteiger partial charge in [-0.2, -0.15) is 0 Å². The molecular weight excluding hydrogens is 218 g/mol. The number of hydrogen-bond donors (Lipinski definition) is 3. The van der Waals surface area contributed by atoms with E-state index < -0.39 is 0 Å². The molecule has 1 atom stereocenters.